The number of fused-ring (bicyclic) bond motifs is 1. The van der Waals surface area contributed by atoms with Crippen LogP contribution in [0.5, 0.6) is 0 Å². The van der Waals surface area contributed by atoms with Gasteiger partial charge in [0.2, 0.25) is 5.91 Å². The van der Waals surface area contributed by atoms with Gasteiger partial charge in [-0.05, 0) is 57.7 Å². The van der Waals surface area contributed by atoms with Gasteiger partial charge in [-0.1, -0.05) is 13.3 Å². The number of hydrogen-bond donors (Lipinski definition) is 2. The summed E-state index contributed by atoms with van der Waals surface area (Å²) in [6.45, 7) is 6.64. The van der Waals surface area contributed by atoms with Crippen LogP contribution in [0.4, 0.5) is 5.82 Å². The SMILES string of the molecule is CC(CCN1CCCCC1)C1CC(C(N)=O)CCN1c1ncnc2[nH]ncc12. The second-order valence-electron chi connectivity index (χ2n) is 8.38. The maximum Gasteiger partial charge on any atom is 0.220 e. The molecule has 0 saturated carbocycles. The molecule has 2 aliphatic rings. The molecule has 1 amide bonds. The quantitative estimate of drug-likeness (QED) is 0.787. The maximum absolute atomic E-state index is 11.9. The highest BCUT2D eigenvalue weighted by Gasteiger charge is 2.36. The summed E-state index contributed by atoms with van der Waals surface area (Å²) in [7, 11) is 0. The van der Waals surface area contributed by atoms with E-state index in [-0.39, 0.29) is 17.9 Å². The number of aromatic nitrogens is 4. The molecule has 0 aliphatic carbocycles. The molecule has 0 bridgehead atoms. The molecule has 2 saturated heterocycles. The number of H-pyrrole nitrogens is 1. The van der Waals surface area contributed by atoms with E-state index < -0.39 is 0 Å². The summed E-state index contributed by atoms with van der Waals surface area (Å²) in [5.41, 5.74) is 6.42. The Morgan fingerprint density at radius 2 is 2.11 bits per heavy atom. The number of nitrogens with two attached hydrogens (primary N) is 1. The summed E-state index contributed by atoms with van der Waals surface area (Å²) in [6.07, 6.45) is 10.0. The molecule has 3 N–H and O–H groups in total. The highest BCUT2D eigenvalue weighted by atomic mass is 16.1. The molecule has 2 fully saturated rings. The predicted octanol–water partition coefficient (Wildman–Crippen LogP) is 1.94. The fraction of sp³-hybridized carbons (Fsp3) is 0.700. The Balaban J connectivity index is 1.53. The molecule has 8 heteroatoms. The van der Waals surface area contributed by atoms with Gasteiger partial charge in [-0.3, -0.25) is 9.89 Å². The number of primary amides is 1. The summed E-state index contributed by atoms with van der Waals surface area (Å²) >= 11 is 0. The maximum atomic E-state index is 11.9. The van der Waals surface area contributed by atoms with E-state index in [1.807, 2.05) is 0 Å². The van der Waals surface area contributed by atoms with Crippen molar-refractivity contribution in [1.82, 2.24) is 25.1 Å². The molecule has 3 unspecified atom stereocenters. The number of nitrogens with one attached hydrogen (secondary N) is 1. The van der Waals surface area contributed by atoms with E-state index >= 15 is 0 Å². The van der Waals surface area contributed by atoms with Crippen LogP contribution in [0.25, 0.3) is 11.0 Å². The first-order valence-electron chi connectivity index (χ1n) is 10.6. The second-order valence-corrected chi connectivity index (χ2v) is 8.38. The molecule has 3 atom stereocenters. The van der Waals surface area contributed by atoms with E-state index in [1.54, 1.807) is 12.5 Å². The van der Waals surface area contributed by atoms with Gasteiger partial charge < -0.3 is 15.5 Å². The Morgan fingerprint density at radius 1 is 1.29 bits per heavy atom. The third-order valence-corrected chi connectivity index (χ3v) is 6.55. The molecule has 2 aliphatic heterocycles. The largest absolute Gasteiger partial charge is 0.369 e. The molecule has 0 radical (unpaired) electrons. The van der Waals surface area contributed by atoms with Gasteiger partial charge in [0, 0.05) is 18.5 Å². The van der Waals surface area contributed by atoms with Crippen LogP contribution < -0.4 is 10.6 Å². The fourth-order valence-corrected chi connectivity index (χ4v) is 4.80. The van der Waals surface area contributed by atoms with Crippen molar-refractivity contribution < 1.29 is 4.79 Å². The zero-order valence-corrected chi connectivity index (χ0v) is 16.7. The monoisotopic (exact) mass is 385 g/mol. The van der Waals surface area contributed by atoms with Gasteiger partial charge >= 0.3 is 0 Å². The first-order chi connectivity index (χ1) is 13.6. The summed E-state index contributed by atoms with van der Waals surface area (Å²) in [5.74, 6) is 1.13. The Labute approximate surface area is 165 Å². The average Bonchev–Trinajstić information content (AvgIpc) is 3.21. The van der Waals surface area contributed by atoms with Crippen LogP contribution >= 0.6 is 0 Å². The lowest BCUT2D eigenvalue weighted by Gasteiger charge is -2.43. The first kappa shape index (κ1) is 19.1. The van der Waals surface area contributed by atoms with Gasteiger partial charge in [-0.15, -0.1) is 0 Å². The standard InChI is InChI=1S/C20H31N7O/c1-14(5-9-26-7-3-2-4-8-26)17-11-15(18(21)28)6-10-27(17)20-16-12-24-25-19(16)22-13-23-20/h12-15,17H,2-11H2,1H3,(H2,21,28)(H,22,23,24,25). The van der Waals surface area contributed by atoms with Crippen LogP contribution in [0.3, 0.4) is 0 Å². The van der Waals surface area contributed by atoms with E-state index in [1.165, 1.54) is 32.4 Å². The van der Waals surface area contributed by atoms with Crippen LogP contribution in [0.2, 0.25) is 0 Å². The van der Waals surface area contributed by atoms with Gasteiger partial charge in [0.15, 0.2) is 5.65 Å². The van der Waals surface area contributed by atoms with E-state index in [9.17, 15) is 4.79 Å². The number of hydrogen-bond acceptors (Lipinski definition) is 6. The van der Waals surface area contributed by atoms with E-state index in [0.717, 1.165) is 49.2 Å². The molecular weight excluding hydrogens is 354 g/mol. The zero-order valence-electron chi connectivity index (χ0n) is 16.7. The Bertz CT molecular complexity index is 801. The summed E-state index contributed by atoms with van der Waals surface area (Å²) in [6, 6.07) is 0.240. The summed E-state index contributed by atoms with van der Waals surface area (Å²) in [5, 5.41) is 8.00. The number of piperidine rings is 2. The van der Waals surface area contributed by atoms with E-state index in [0.29, 0.717) is 5.92 Å². The van der Waals surface area contributed by atoms with Gasteiger partial charge in [0.1, 0.15) is 12.1 Å². The summed E-state index contributed by atoms with van der Waals surface area (Å²) < 4.78 is 0. The van der Waals surface area contributed by atoms with E-state index in [2.05, 4.69) is 36.9 Å². The Hall–Kier alpha value is -2.22. The van der Waals surface area contributed by atoms with Gasteiger partial charge in [-0.2, -0.15) is 5.10 Å². The smallest absolute Gasteiger partial charge is 0.220 e. The minimum atomic E-state index is -0.177. The minimum Gasteiger partial charge on any atom is -0.369 e. The van der Waals surface area contributed by atoms with Crippen LogP contribution in [-0.4, -0.2) is 63.2 Å². The lowest BCUT2D eigenvalue weighted by atomic mass is 9.82. The number of rotatable bonds is 6. The Kier molecular flexibility index (Phi) is 5.75. The molecule has 0 spiro atoms. The van der Waals surface area contributed by atoms with Gasteiger partial charge in [-0.25, -0.2) is 9.97 Å². The number of likely N-dealkylation sites (tertiary alicyclic amines) is 1. The van der Waals surface area contributed by atoms with Crippen molar-refractivity contribution in [3.05, 3.63) is 12.5 Å². The summed E-state index contributed by atoms with van der Waals surface area (Å²) in [4.78, 5) is 25.7. The van der Waals surface area contributed by atoms with Crippen LogP contribution in [-0.2, 0) is 4.79 Å². The molecule has 4 rings (SSSR count). The zero-order chi connectivity index (χ0) is 19.5. The molecule has 2 aromatic heterocycles. The average molecular weight is 386 g/mol. The number of amides is 1. The Morgan fingerprint density at radius 3 is 2.89 bits per heavy atom. The third-order valence-electron chi connectivity index (χ3n) is 6.55. The second kappa shape index (κ2) is 8.43. The lowest BCUT2D eigenvalue weighted by molar-refractivity contribution is -0.122. The number of anilines is 1. The molecular formula is C20H31N7O. The number of nitrogens with zero attached hydrogens (tertiary/aromatic N) is 5. The van der Waals surface area contributed by atoms with Crippen LogP contribution in [0.1, 0.15) is 45.4 Å². The number of carbonyl (C=O) groups excluding carboxylic acids is 1. The number of aromatic amines is 1. The topological polar surface area (TPSA) is 104 Å². The highest BCUT2D eigenvalue weighted by molar-refractivity contribution is 5.86. The van der Waals surface area contributed by atoms with Crippen molar-refractivity contribution in [3.8, 4) is 0 Å². The fourth-order valence-electron chi connectivity index (χ4n) is 4.80. The lowest BCUT2D eigenvalue weighted by Crippen LogP contribution is -2.49. The molecule has 8 nitrogen and oxygen atoms in total. The van der Waals surface area contributed by atoms with E-state index in [4.69, 9.17) is 5.73 Å². The van der Waals surface area contributed by atoms with Crippen molar-refractivity contribution in [3.63, 3.8) is 0 Å². The molecule has 2 aromatic rings. The third kappa shape index (κ3) is 3.97. The molecule has 0 aromatic carbocycles. The van der Waals surface area contributed by atoms with Crippen molar-refractivity contribution in [2.45, 2.75) is 51.5 Å². The van der Waals surface area contributed by atoms with Crippen molar-refractivity contribution in [2.75, 3.05) is 31.1 Å². The van der Waals surface area contributed by atoms with Crippen molar-refractivity contribution in [1.29, 1.82) is 0 Å². The molecule has 4 heterocycles. The normalized spacial score (nSPS) is 25.1. The van der Waals surface area contributed by atoms with Crippen molar-refractivity contribution >= 4 is 22.8 Å². The predicted molar refractivity (Wildman–Crippen MR) is 109 cm³/mol. The van der Waals surface area contributed by atoms with Gasteiger partial charge in [0.05, 0.1) is 11.6 Å². The molecule has 28 heavy (non-hydrogen) atoms. The van der Waals surface area contributed by atoms with Crippen molar-refractivity contribution in [2.24, 2.45) is 17.6 Å². The minimum absolute atomic E-state index is 0.0552. The van der Waals surface area contributed by atoms with Gasteiger partial charge in [0.25, 0.3) is 0 Å². The first-order valence-corrected chi connectivity index (χ1v) is 10.6. The van der Waals surface area contributed by atoms with Crippen LogP contribution in [0.15, 0.2) is 12.5 Å². The number of carbonyl (C=O) groups is 1. The van der Waals surface area contributed by atoms with Crippen LogP contribution in [0, 0.1) is 11.8 Å². The highest BCUT2D eigenvalue weighted by Crippen LogP contribution is 2.34. The molecule has 152 valence electrons.